The van der Waals surface area contributed by atoms with Gasteiger partial charge in [-0.2, -0.15) is 0 Å². The van der Waals surface area contributed by atoms with Crippen molar-refractivity contribution in [3.63, 3.8) is 0 Å². The van der Waals surface area contributed by atoms with E-state index in [9.17, 15) is 9.90 Å². The molecule has 0 saturated heterocycles. The molecule has 4 N–H and O–H groups in total. The first-order valence-electron chi connectivity index (χ1n) is 6.69. The summed E-state index contributed by atoms with van der Waals surface area (Å²) < 4.78 is 0. The molecule has 23 heavy (non-hydrogen) atoms. The molecule has 0 fully saturated rings. The van der Waals surface area contributed by atoms with Gasteiger partial charge in [-0.3, -0.25) is 10.1 Å². The zero-order valence-electron chi connectivity index (χ0n) is 11.9. The Morgan fingerprint density at radius 3 is 2.65 bits per heavy atom. The van der Waals surface area contributed by atoms with Crippen molar-refractivity contribution in [2.75, 3.05) is 11.1 Å². The van der Waals surface area contributed by atoms with E-state index >= 15 is 0 Å². The Kier molecular flexibility index (Phi) is 4.50. The number of amides is 1. The van der Waals surface area contributed by atoms with Crippen LogP contribution in [0.1, 0.15) is 10.4 Å². The van der Waals surface area contributed by atoms with E-state index in [2.05, 4.69) is 10.3 Å². The minimum absolute atomic E-state index is 0.219. The fraction of sp³-hybridized carbons (Fsp3) is 0. The minimum atomic E-state index is -0.243. The number of nitrogens with two attached hydrogens (primary N) is 1. The molecule has 0 aliphatic carbocycles. The number of nitrogens with zero attached hydrogens (tertiary/aromatic N) is 1. The van der Waals surface area contributed by atoms with Crippen molar-refractivity contribution in [1.29, 1.82) is 0 Å². The standard InChI is InChI=1S/C16H13N3O2S2/c17-13-9-10(15(21)19-16-18-7-8-22-16)1-6-14(13)23-12-4-2-11(20)3-5-12/h1-9,20H,17H2,(H,18,19,21). The number of hydrogen-bond donors (Lipinski definition) is 3. The maximum atomic E-state index is 12.1. The van der Waals surface area contributed by atoms with E-state index < -0.39 is 0 Å². The minimum Gasteiger partial charge on any atom is -0.508 e. The van der Waals surface area contributed by atoms with Gasteiger partial charge in [0.1, 0.15) is 5.75 Å². The highest BCUT2D eigenvalue weighted by molar-refractivity contribution is 7.99. The van der Waals surface area contributed by atoms with E-state index in [1.165, 1.54) is 23.1 Å². The van der Waals surface area contributed by atoms with Crippen molar-refractivity contribution in [2.45, 2.75) is 9.79 Å². The van der Waals surface area contributed by atoms with Gasteiger partial charge in [-0.05, 0) is 42.5 Å². The molecule has 0 atom stereocenters. The summed E-state index contributed by atoms with van der Waals surface area (Å²) in [5.41, 5.74) is 7.05. The number of phenols is 1. The number of nitrogen functional groups attached to an aromatic ring is 1. The summed E-state index contributed by atoms with van der Waals surface area (Å²) in [5.74, 6) is -0.0237. The molecule has 0 aliphatic heterocycles. The number of benzene rings is 2. The van der Waals surface area contributed by atoms with E-state index in [1.807, 2.05) is 18.2 Å². The highest BCUT2D eigenvalue weighted by atomic mass is 32.2. The summed E-state index contributed by atoms with van der Waals surface area (Å²) >= 11 is 2.83. The summed E-state index contributed by atoms with van der Waals surface area (Å²) in [4.78, 5) is 18.0. The number of rotatable bonds is 4. The summed E-state index contributed by atoms with van der Waals surface area (Å²) in [6, 6.07) is 12.0. The third kappa shape index (κ3) is 3.82. The number of anilines is 2. The molecule has 5 nitrogen and oxygen atoms in total. The van der Waals surface area contributed by atoms with Crippen molar-refractivity contribution in [3.8, 4) is 5.75 Å². The van der Waals surface area contributed by atoms with Gasteiger partial charge in [-0.1, -0.05) is 11.8 Å². The van der Waals surface area contributed by atoms with Crippen LogP contribution in [0.3, 0.4) is 0 Å². The largest absolute Gasteiger partial charge is 0.508 e. The quantitative estimate of drug-likeness (QED) is 0.627. The van der Waals surface area contributed by atoms with Crippen LogP contribution < -0.4 is 11.1 Å². The number of hydrogen-bond acceptors (Lipinski definition) is 6. The predicted molar refractivity (Wildman–Crippen MR) is 93.2 cm³/mol. The molecular weight excluding hydrogens is 330 g/mol. The van der Waals surface area contributed by atoms with Gasteiger partial charge in [0, 0.05) is 32.6 Å². The van der Waals surface area contributed by atoms with E-state index in [0.717, 1.165) is 9.79 Å². The molecule has 0 spiro atoms. The number of thiazole rings is 1. The van der Waals surface area contributed by atoms with E-state index in [1.54, 1.807) is 35.8 Å². The Morgan fingerprint density at radius 1 is 1.22 bits per heavy atom. The Bertz CT molecular complexity index is 818. The smallest absolute Gasteiger partial charge is 0.257 e. The van der Waals surface area contributed by atoms with Gasteiger partial charge in [0.2, 0.25) is 0 Å². The zero-order valence-corrected chi connectivity index (χ0v) is 13.5. The lowest BCUT2D eigenvalue weighted by atomic mass is 10.2. The van der Waals surface area contributed by atoms with Gasteiger partial charge in [0.05, 0.1) is 0 Å². The van der Waals surface area contributed by atoms with Crippen LogP contribution in [0.5, 0.6) is 5.75 Å². The van der Waals surface area contributed by atoms with Crippen molar-refractivity contribution < 1.29 is 9.90 Å². The van der Waals surface area contributed by atoms with E-state index in [0.29, 0.717) is 16.4 Å². The van der Waals surface area contributed by atoms with Crippen LogP contribution in [0.2, 0.25) is 0 Å². The number of carbonyl (C=O) groups is 1. The zero-order chi connectivity index (χ0) is 16.2. The lowest BCUT2D eigenvalue weighted by Gasteiger charge is -2.08. The Morgan fingerprint density at radius 2 is 2.00 bits per heavy atom. The maximum Gasteiger partial charge on any atom is 0.257 e. The molecule has 1 amide bonds. The number of aromatic nitrogens is 1. The van der Waals surface area contributed by atoms with Crippen molar-refractivity contribution >= 4 is 39.8 Å². The topological polar surface area (TPSA) is 88.2 Å². The fourth-order valence-electron chi connectivity index (χ4n) is 1.88. The molecular formula is C16H13N3O2S2. The molecule has 0 bridgehead atoms. The van der Waals surface area contributed by atoms with Crippen LogP contribution >= 0.6 is 23.1 Å². The molecule has 0 aliphatic rings. The molecule has 0 saturated carbocycles. The Balaban J connectivity index is 1.75. The summed E-state index contributed by atoms with van der Waals surface area (Å²) in [5, 5.41) is 14.4. The van der Waals surface area contributed by atoms with Gasteiger partial charge < -0.3 is 10.8 Å². The second-order valence-electron chi connectivity index (χ2n) is 4.64. The third-order valence-corrected chi connectivity index (χ3v) is 4.78. The highest BCUT2D eigenvalue weighted by Crippen LogP contribution is 2.33. The molecule has 3 aromatic rings. The summed E-state index contributed by atoms with van der Waals surface area (Å²) in [6.07, 6.45) is 1.63. The number of aromatic hydroxyl groups is 1. The maximum absolute atomic E-state index is 12.1. The molecule has 3 rings (SSSR count). The van der Waals surface area contributed by atoms with Gasteiger partial charge in [0.25, 0.3) is 5.91 Å². The predicted octanol–water partition coefficient (Wildman–Crippen LogP) is 3.83. The normalized spacial score (nSPS) is 10.4. The van der Waals surface area contributed by atoms with Gasteiger partial charge in [-0.25, -0.2) is 4.98 Å². The molecule has 2 aromatic carbocycles. The first-order valence-corrected chi connectivity index (χ1v) is 8.39. The third-order valence-electron chi connectivity index (χ3n) is 2.99. The average molecular weight is 343 g/mol. The van der Waals surface area contributed by atoms with Crippen molar-refractivity contribution in [3.05, 3.63) is 59.6 Å². The second-order valence-corrected chi connectivity index (χ2v) is 6.65. The van der Waals surface area contributed by atoms with Crippen LogP contribution in [0.15, 0.2) is 63.8 Å². The lowest BCUT2D eigenvalue weighted by Crippen LogP contribution is -2.12. The lowest BCUT2D eigenvalue weighted by molar-refractivity contribution is 0.102. The number of carbonyl (C=O) groups excluding carboxylic acids is 1. The first-order chi connectivity index (χ1) is 11.1. The number of phenolic OH excluding ortho intramolecular Hbond substituents is 1. The van der Waals surface area contributed by atoms with E-state index in [-0.39, 0.29) is 11.7 Å². The Hall–Kier alpha value is -2.51. The summed E-state index contributed by atoms with van der Waals surface area (Å²) in [7, 11) is 0. The van der Waals surface area contributed by atoms with Crippen LogP contribution in [0.4, 0.5) is 10.8 Å². The first kappa shape index (κ1) is 15.4. The van der Waals surface area contributed by atoms with Gasteiger partial charge in [-0.15, -0.1) is 11.3 Å². The van der Waals surface area contributed by atoms with Crippen LogP contribution in [-0.4, -0.2) is 16.0 Å². The van der Waals surface area contributed by atoms with Crippen LogP contribution in [0.25, 0.3) is 0 Å². The molecule has 1 aromatic heterocycles. The molecule has 7 heteroatoms. The second kappa shape index (κ2) is 6.72. The van der Waals surface area contributed by atoms with Crippen LogP contribution in [-0.2, 0) is 0 Å². The molecule has 0 radical (unpaired) electrons. The molecule has 0 unspecified atom stereocenters. The summed E-state index contributed by atoms with van der Waals surface area (Å²) in [6.45, 7) is 0. The SMILES string of the molecule is Nc1cc(C(=O)Nc2nccs2)ccc1Sc1ccc(O)cc1. The highest BCUT2D eigenvalue weighted by Gasteiger charge is 2.10. The molecule has 1 heterocycles. The van der Waals surface area contributed by atoms with E-state index in [4.69, 9.17) is 5.73 Å². The van der Waals surface area contributed by atoms with Crippen molar-refractivity contribution in [1.82, 2.24) is 4.98 Å². The van der Waals surface area contributed by atoms with Crippen LogP contribution in [0, 0.1) is 0 Å². The monoisotopic (exact) mass is 343 g/mol. The average Bonchev–Trinajstić information content (AvgIpc) is 3.04. The van der Waals surface area contributed by atoms with Crippen molar-refractivity contribution in [2.24, 2.45) is 0 Å². The van der Waals surface area contributed by atoms with Gasteiger partial charge in [0.15, 0.2) is 5.13 Å². The Labute approximate surface area is 141 Å². The number of nitrogens with one attached hydrogen (secondary N) is 1. The molecule has 116 valence electrons. The fourth-order valence-corrected chi connectivity index (χ4v) is 3.24. The van der Waals surface area contributed by atoms with Gasteiger partial charge >= 0.3 is 0 Å².